The zero-order valence-electron chi connectivity index (χ0n) is 32.8. The van der Waals surface area contributed by atoms with Crippen LogP contribution in [0.3, 0.4) is 0 Å². The third-order valence-electron chi connectivity index (χ3n) is 8.76. The first-order valence-corrected chi connectivity index (χ1v) is 19.4. The van der Waals surface area contributed by atoms with E-state index >= 15 is 0 Å². The van der Waals surface area contributed by atoms with Gasteiger partial charge in [-0.15, -0.1) is 11.8 Å². The minimum Gasteiger partial charge on any atom is -0.482 e. The lowest BCUT2D eigenvalue weighted by molar-refractivity contribution is -0.139. The average Bonchev–Trinajstić information content (AvgIpc) is 3.17. The van der Waals surface area contributed by atoms with E-state index in [4.69, 9.17) is 27.0 Å². The van der Waals surface area contributed by atoms with Crippen molar-refractivity contribution < 1.29 is 58.4 Å². The van der Waals surface area contributed by atoms with Crippen molar-refractivity contribution in [3.05, 3.63) is 59.9 Å². The van der Waals surface area contributed by atoms with E-state index in [1.807, 2.05) is 0 Å². The van der Waals surface area contributed by atoms with Gasteiger partial charge in [0.2, 0.25) is 41.4 Å². The molecule has 1 aromatic carbocycles. The maximum Gasteiger partial charge on any atom is 0.341 e. The minimum atomic E-state index is -1.55. The van der Waals surface area contributed by atoms with Gasteiger partial charge in [-0.25, -0.2) is 4.79 Å². The normalized spacial score (nSPS) is 14.2. The van der Waals surface area contributed by atoms with Crippen LogP contribution >= 0.6 is 11.8 Å². The van der Waals surface area contributed by atoms with Gasteiger partial charge in [0.05, 0.1) is 23.9 Å². The molecule has 6 atom stereocenters. The SMILES string of the molecule is C[C@H](C(=O)N[C@@H](CO)C(=O)N[C@@H](CSCC(=O)N[C@@H](Cc1ccncc1)C(=O)N[C@@H](Cc1ccc(OCC(=O)O)cc1)C(N)=O)C(=O)N[C@@H](CCN)C(N)=O)C(C)(C)O. The molecule has 1 aromatic heterocycles. The van der Waals surface area contributed by atoms with Crippen molar-refractivity contribution in [2.24, 2.45) is 23.1 Å². The Bertz CT molecular complexity index is 1760. The Morgan fingerprint density at radius 2 is 1.25 bits per heavy atom. The molecule has 0 fully saturated rings. The first-order valence-electron chi connectivity index (χ1n) is 18.3. The lowest BCUT2D eigenvalue weighted by Crippen LogP contribution is -2.59. The van der Waals surface area contributed by atoms with E-state index in [9.17, 15) is 48.6 Å². The number of aliphatic hydroxyl groups is 2. The Hall–Kier alpha value is -5.84. The molecule has 0 aliphatic heterocycles. The van der Waals surface area contributed by atoms with Gasteiger partial charge in [0, 0.05) is 31.0 Å². The number of hydrogen-bond donors (Lipinski definition) is 11. The van der Waals surface area contributed by atoms with Crippen LogP contribution in [0.15, 0.2) is 48.8 Å². The highest BCUT2D eigenvalue weighted by atomic mass is 32.2. The molecule has 2 rings (SSSR count). The molecule has 0 radical (unpaired) electrons. The first-order chi connectivity index (χ1) is 27.7. The Morgan fingerprint density at radius 1 is 0.746 bits per heavy atom. The van der Waals surface area contributed by atoms with Crippen molar-refractivity contribution in [3.63, 3.8) is 0 Å². The molecule has 0 spiro atoms. The lowest BCUT2D eigenvalue weighted by atomic mass is 9.92. The van der Waals surface area contributed by atoms with E-state index in [1.165, 1.54) is 45.3 Å². The molecule has 0 unspecified atom stereocenters. The summed E-state index contributed by atoms with van der Waals surface area (Å²) in [4.78, 5) is 105. The van der Waals surface area contributed by atoms with Gasteiger partial charge < -0.3 is 63.8 Å². The number of amides is 7. The van der Waals surface area contributed by atoms with Crippen LogP contribution in [0, 0.1) is 5.92 Å². The van der Waals surface area contributed by atoms with Crippen molar-refractivity contribution in [2.75, 3.05) is 31.3 Å². The highest BCUT2D eigenvalue weighted by molar-refractivity contribution is 8.00. The molecule has 21 nitrogen and oxygen atoms in total. The van der Waals surface area contributed by atoms with E-state index < -0.39 is 102 Å². The summed E-state index contributed by atoms with van der Waals surface area (Å²) >= 11 is 0.847. The van der Waals surface area contributed by atoms with Crippen molar-refractivity contribution in [1.29, 1.82) is 0 Å². The molecular weight excluding hydrogens is 795 g/mol. The van der Waals surface area contributed by atoms with Crippen LogP contribution in [-0.4, -0.2) is 135 Å². The van der Waals surface area contributed by atoms with Crippen LogP contribution in [0.4, 0.5) is 0 Å². The number of nitrogens with two attached hydrogens (primary N) is 3. The second-order valence-electron chi connectivity index (χ2n) is 13.9. The molecule has 22 heteroatoms. The van der Waals surface area contributed by atoms with Crippen LogP contribution < -0.4 is 48.5 Å². The zero-order valence-corrected chi connectivity index (χ0v) is 33.7. The standard InChI is InChI=1S/C37H53N9O12S/c1-20(37(2,3)57)33(53)45-27(16-47)35(55)46-28(36(56)43-24(8-11-38)31(39)51)18-59-19-29(48)42-26(15-22-9-12-41-13-10-22)34(54)44-25(32(40)52)14-21-4-6-23(7-5-21)58-17-30(49)50/h4-7,9-10,12-13,20,24-28,47,57H,8,11,14-19,38H2,1-3H3,(H2,39,51)(H2,40,52)(H,42,48)(H,43,56)(H,44,54)(H,45,53)(H,46,55)(H,49,50)/t20-,24+,25+,26+,27+,28+/m1/s1. The predicted octanol–water partition coefficient (Wildman–Crippen LogP) is -3.79. The largest absolute Gasteiger partial charge is 0.482 e. The molecule has 2 aromatic rings. The number of ether oxygens (including phenoxy) is 1. The Morgan fingerprint density at radius 3 is 1.80 bits per heavy atom. The van der Waals surface area contributed by atoms with Gasteiger partial charge in [0.15, 0.2) is 6.61 Å². The molecule has 14 N–H and O–H groups in total. The number of aliphatic hydroxyl groups excluding tert-OH is 1. The highest BCUT2D eigenvalue weighted by Gasteiger charge is 2.34. The second kappa shape index (κ2) is 24.2. The number of benzene rings is 1. The number of nitrogens with zero attached hydrogens (tertiary/aromatic N) is 1. The number of thioether (sulfide) groups is 1. The van der Waals surface area contributed by atoms with Gasteiger partial charge >= 0.3 is 5.97 Å². The summed E-state index contributed by atoms with van der Waals surface area (Å²) in [6, 6.07) is 2.64. The molecule has 1 heterocycles. The summed E-state index contributed by atoms with van der Waals surface area (Å²) in [5.74, 6) is -8.46. The van der Waals surface area contributed by atoms with Gasteiger partial charge in [-0.1, -0.05) is 19.1 Å². The molecule has 59 heavy (non-hydrogen) atoms. The van der Waals surface area contributed by atoms with E-state index in [2.05, 4.69) is 31.6 Å². The Balaban J connectivity index is 2.22. The maximum absolute atomic E-state index is 13.6. The van der Waals surface area contributed by atoms with E-state index in [0.29, 0.717) is 11.1 Å². The highest BCUT2D eigenvalue weighted by Crippen LogP contribution is 2.16. The smallest absolute Gasteiger partial charge is 0.341 e. The summed E-state index contributed by atoms with van der Waals surface area (Å²) in [6.07, 6.45) is 2.84. The number of carbonyl (C=O) groups is 8. The molecule has 0 bridgehead atoms. The molecule has 7 amide bonds. The number of aliphatic carboxylic acids is 1. The van der Waals surface area contributed by atoms with Crippen molar-refractivity contribution in [2.45, 2.75) is 75.8 Å². The molecule has 324 valence electrons. The Kier molecular flexibility index (Phi) is 20.2. The summed E-state index contributed by atoms with van der Waals surface area (Å²) in [6.45, 7) is 2.71. The number of nitrogens with one attached hydrogen (secondary N) is 5. The van der Waals surface area contributed by atoms with Crippen molar-refractivity contribution >= 4 is 59.1 Å². The summed E-state index contributed by atoms with van der Waals surface area (Å²) in [7, 11) is 0. The van der Waals surface area contributed by atoms with Crippen LogP contribution in [0.2, 0.25) is 0 Å². The average molecular weight is 848 g/mol. The van der Waals surface area contributed by atoms with Crippen LogP contribution in [0.5, 0.6) is 5.75 Å². The quantitative estimate of drug-likeness (QED) is 0.0433. The zero-order chi connectivity index (χ0) is 44.3. The van der Waals surface area contributed by atoms with E-state index in [-0.39, 0.29) is 43.1 Å². The number of hydrogen-bond acceptors (Lipinski definition) is 14. The van der Waals surface area contributed by atoms with Gasteiger partial charge in [-0.2, -0.15) is 0 Å². The monoisotopic (exact) mass is 847 g/mol. The maximum atomic E-state index is 13.6. The fraction of sp³-hybridized carbons (Fsp3) is 0.486. The fourth-order valence-corrected chi connectivity index (χ4v) is 5.92. The number of carboxylic acids is 1. The van der Waals surface area contributed by atoms with Crippen LogP contribution in [0.25, 0.3) is 0 Å². The van der Waals surface area contributed by atoms with E-state index in [0.717, 1.165) is 11.8 Å². The van der Waals surface area contributed by atoms with E-state index in [1.54, 1.807) is 24.3 Å². The number of aromatic nitrogens is 1. The molecule has 0 saturated carbocycles. The number of pyridine rings is 1. The molecule has 0 saturated heterocycles. The first kappa shape index (κ1) is 49.3. The fourth-order valence-electron chi connectivity index (χ4n) is 5.06. The summed E-state index contributed by atoms with van der Waals surface area (Å²) in [5.41, 5.74) is 16.2. The topological polar surface area (TPSA) is 358 Å². The number of rotatable bonds is 26. The minimum absolute atomic E-state index is 0.0228. The van der Waals surface area contributed by atoms with Crippen LogP contribution in [-0.2, 0) is 51.2 Å². The third kappa shape index (κ3) is 17.7. The second-order valence-corrected chi connectivity index (χ2v) is 14.9. The summed E-state index contributed by atoms with van der Waals surface area (Å²) in [5, 5.41) is 41.2. The summed E-state index contributed by atoms with van der Waals surface area (Å²) < 4.78 is 5.11. The Labute approximate surface area is 344 Å². The number of carboxylic acid groups (broad SMARTS) is 1. The van der Waals surface area contributed by atoms with Gasteiger partial charge in [-0.05, 0) is 62.2 Å². The molecule has 0 aliphatic rings. The number of primary amides is 2. The molecular formula is C37H53N9O12S. The van der Waals surface area contributed by atoms with Crippen molar-refractivity contribution in [1.82, 2.24) is 31.6 Å². The van der Waals surface area contributed by atoms with Crippen LogP contribution in [0.1, 0.15) is 38.3 Å². The van der Waals surface area contributed by atoms with Gasteiger partial charge in [-0.3, -0.25) is 38.5 Å². The predicted molar refractivity (Wildman–Crippen MR) is 213 cm³/mol. The van der Waals surface area contributed by atoms with Gasteiger partial charge in [0.25, 0.3) is 0 Å². The molecule has 0 aliphatic carbocycles. The van der Waals surface area contributed by atoms with Gasteiger partial charge in [0.1, 0.15) is 36.0 Å². The third-order valence-corrected chi connectivity index (χ3v) is 9.80. The number of carbonyl (C=O) groups excluding carboxylic acids is 7. The van der Waals surface area contributed by atoms with Crippen molar-refractivity contribution in [3.8, 4) is 5.75 Å². The lowest BCUT2D eigenvalue weighted by Gasteiger charge is -2.27.